The van der Waals surface area contributed by atoms with Crippen LogP contribution in [-0.2, 0) is 0 Å². The van der Waals surface area contributed by atoms with Crippen molar-refractivity contribution in [1.82, 2.24) is 0 Å². The molecule has 0 aliphatic carbocycles. The highest BCUT2D eigenvalue weighted by molar-refractivity contribution is 7.26. The molecule has 218 valence electrons. The fourth-order valence-electron chi connectivity index (χ4n) is 6.46. The first-order valence-electron chi connectivity index (χ1n) is 15.8. The zero-order valence-electron chi connectivity index (χ0n) is 25.8. The summed E-state index contributed by atoms with van der Waals surface area (Å²) in [6.45, 7) is 0. The number of fused-ring (bicyclic) bond motifs is 6. The Balaban J connectivity index is 1.18. The molecule has 0 amide bonds. The Kier molecular flexibility index (Phi) is 6.29. The first-order chi connectivity index (χ1) is 23.2. The number of nitrogens with zero attached hydrogens (tertiary/aromatic N) is 2. The summed E-state index contributed by atoms with van der Waals surface area (Å²) >= 11 is 3.65. The number of hydrogen-bond acceptors (Lipinski definition) is 4. The summed E-state index contributed by atoms with van der Waals surface area (Å²) in [5, 5.41) is 5.06. The zero-order valence-corrected chi connectivity index (χ0v) is 26.4. The molecule has 0 fully saturated rings. The molecule has 9 aromatic rings. The Labute approximate surface area is 277 Å². The Morgan fingerprint density at radius 3 is 1.43 bits per heavy atom. The molecular weight excluding hydrogens is 597 g/mol. The van der Waals surface area contributed by atoms with Gasteiger partial charge < -0.3 is 9.80 Å². The number of thiophene rings is 2. The van der Waals surface area contributed by atoms with E-state index in [1.54, 1.807) is 0 Å². The SMILES string of the molecule is [2H]c1cccc(N(c2ccc3c(c2)sc2ccccc23)c2ccc3c(c2)sc2ccc(N(c4ccccc4)c4ccccc4)cc23)c1. The van der Waals surface area contributed by atoms with Crippen molar-refractivity contribution in [3.8, 4) is 0 Å². The molecule has 7 aromatic carbocycles. The van der Waals surface area contributed by atoms with Crippen molar-refractivity contribution >= 4 is 97.1 Å². The summed E-state index contributed by atoms with van der Waals surface area (Å²) in [5.41, 5.74) is 6.51. The molecule has 2 aromatic heterocycles. The third-order valence-corrected chi connectivity index (χ3v) is 10.8. The smallest absolute Gasteiger partial charge is 0.0623 e. The third-order valence-electron chi connectivity index (χ3n) is 8.55. The van der Waals surface area contributed by atoms with Crippen LogP contribution >= 0.6 is 22.7 Å². The van der Waals surface area contributed by atoms with Gasteiger partial charge in [0, 0.05) is 74.5 Å². The quantitative estimate of drug-likeness (QED) is 0.181. The molecule has 0 saturated heterocycles. The lowest BCUT2D eigenvalue weighted by Crippen LogP contribution is -2.09. The van der Waals surface area contributed by atoms with Gasteiger partial charge in [-0.05, 0) is 84.9 Å². The van der Waals surface area contributed by atoms with Crippen LogP contribution in [0.25, 0.3) is 40.3 Å². The monoisotopic (exact) mass is 625 g/mol. The van der Waals surface area contributed by atoms with Crippen LogP contribution in [0, 0.1) is 0 Å². The highest BCUT2D eigenvalue weighted by Crippen LogP contribution is 2.44. The lowest BCUT2D eigenvalue weighted by Gasteiger charge is -2.26. The van der Waals surface area contributed by atoms with E-state index < -0.39 is 0 Å². The topological polar surface area (TPSA) is 6.48 Å². The summed E-state index contributed by atoms with van der Waals surface area (Å²) in [5.74, 6) is 0. The summed E-state index contributed by atoms with van der Waals surface area (Å²) in [6.07, 6.45) is 0. The second-order valence-corrected chi connectivity index (χ2v) is 13.5. The molecule has 0 aliphatic heterocycles. The highest BCUT2D eigenvalue weighted by Gasteiger charge is 2.18. The summed E-state index contributed by atoms with van der Waals surface area (Å²) in [6, 6.07) is 58.4. The van der Waals surface area contributed by atoms with Crippen LogP contribution in [0.2, 0.25) is 0 Å². The number of anilines is 6. The van der Waals surface area contributed by atoms with E-state index in [1.165, 1.54) is 40.3 Å². The van der Waals surface area contributed by atoms with Crippen LogP contribution < -0.4 is 9.80 Å². The molecule has 2 nitrogen and oxygen atoms in total. The molecule has 4 heteroatoms. The van der Waals surface area contributed by atoms with Gasteiger partial charge in [0.25, 0.3) is 0 Å². The van der Waals surface area contributed by atoms with Gasteiger partial charge in [-0.3, -0.25) is 0 Å². The van der Waals surface area contributed by atoms with Crippen molar-refractivity contribution in [3.63, 3.8) is 0 Å². The number of benzene rings is 7. The van der Waals surface area contributed by atoms with Gasteiger partial charge in [-0.1, -0.05) is 84.9 Å². The van der Waals surface area contributed by atoms with Crippen molar-refractivity contribution in [2.75, 3.05) is 9.80 Å². The molecule has 9 rings (SSSR count). The molecular formula is C42H28N2S2. The van der Waals surface area contributed by atoms with E-state index in [0.29, 0.717) is 6.04 Å². The first kappa shape index (κ1) is 25.9. The van der Waals surface area contributed by atoms with Gasteiger partial charge in [-0.25, -0.2) is 0 Å². The van der Waals surface area contributed by atoms with E-state index in [-0.39, 0.29) is 0 Å². The van der Waals surface area contributed by atoms with Crippen LogP contribution in [0.5, 0.6) is 0 Å². The van der Waals surface area contributed by atoms with Gasteiger partial charge in [0.05, 0.1) is 1.37 Å². The Morgan fingerprint density at radius 2 is 0.783 bits per heavy atom. The number of para-hydroxylation sites is 3. The minimum atomic E-state index is 0.493. The van der Waals surface area contributed by atoms with Crippen molar-refractivity contribution in [1.29, 1.82) is 0 Å². The van der Waals surface area contributed by atoms with E-state index >= 15 is 0 Å². The lowest BCUT2D eigenvalue weighted by molar-refractivity contribution is 1.29. The van der Waals surface area contributed by atoms with E-state index in [9.17, 15) is 0 Å². The van der Waals surface area contributed by atoms with E-state index in [1.807, 2.05) is 40.9 Å². The minimum absolute atomic E-state index is 0.493. The van der Waals surface area contributed by atoms with Crippen LogP contribution in [-0.4, -0.2) is 0 Å². The fraction of sp³-hybridized carbons (Fsp3) is 0. The van der Waals surface area contributed by atoms with Crippen LogP contribution in [0.4, 0.5) is 34.1 Å². The maximum atomic E-state index is 8.42. The predicted octanol–water partition coefficient (Wildman–Crippen LogP) is 13.4. The van der Waals surface area contributed by atoms with Gasteiger partial charge in [0.1, 0.15) is 0 Å². The Hall–Kier alpha value is -5.42. The summed E-state index contributed by atoms with van der Waals surface area (Å²) in [7, 11) is 0. The van der Waals surface area contributed by atoms with E-state index in [4.69, 9.17) is 1.37 Å². The van der Waals surface area contributed by atoms with Gasteiger partial charge in [-0.15, -0.1) is 22.7 Å². The maximum absolute atomic E-state index is 8.42. The molecule has 2 heterocycles. The van der Waals surface area contributed by atoms with E-state index in [0.717, 1.165) is 34.1 Å². The number of rotatable bonds is 6. The Morgan fingerprint density at radius 1 is 0.326 bits per heavy atom. The molecule has 0 spiro atoms. The normalized spacial score (nSPS) is 11.8. The average Bonchev–Trinajstić information content (AvgIpc) is 3.67. The van der Waals surface area contributed by atoms with Gasteiger partial charge in [0.2, 0.25) is 0 Å². The van der Waals surface area contributed by atoms with Crippen molar-refractivity contribution < 1.29 is 1.37 Å². The van der Waals surface area contributed by atoms with Crippen LogP contribution in [0.15, 0.2) is 170 Å². The largest absolute Gasteiger partial charge is 0.310 e. The van der Waals surface area contributed by atoms with Gasteiger partial charge in [0.15, 0.2) is 0 Å². The molecule has 46 heavy (non-hydrogen) atoms. The molecule has 0 bridgehead atoms. The standard InChI is InChI=1S/C42H28N2S2/c1-4-12-29(13-5-1)43(30-14-6-2-7-15-30)32-22-25-40-38(26-32)37-24-21-34(28-42(37)46-40)44(31-16-8-3-9-17-31)33-20-23-36-35-18-10-11-19-39(35)45-41(36)27-33/h1-28H/i8D. The lowest BCUT2D eigenvalue weighted by atomic mass is 10.1. The minimum Gasteiger partial charge on any atom is -0.310 e. The molecule has 0 N–H and O–H groups in total. The molecule has 0 aliphatic rings. The fourth-order valence-corrected chi connectivity index (χ4v) is 8.72. The van der Waals surface area contributed by atoms with Crippen molar-refractivity contribution in [2.24, 2.45) is 0 Å². The number of hydrogen-bond donors (Lipinski definition) is 0. The highest BCUT2D eigenvalue weighted by atomic mass is 32.1. The molecule has 0 radical (unpaired) electrons. The zero-order chi connectivity index (χ0) is 31.3. The maximum Gasteiger partial charge on any atom is 0.0623 e. The van der Waals surface area contributed by atoms with Crippen molar-refractivity contribution in [2.45, 2.75) is 0 Å². The summed E-state index contributed by atoms with van der Waals surface area (Å²) in [4.78, 5) is 4.60. The van der Waals surface area contributed by atoms with Gasteiger partial charge in [-0.2, -0.15) is 0 Å². The third kappa shape index (κ3) is 4.62. The van der Waals surface area contributed by atoms with Gasteiger partial charge >= 0.3 is 0 Å². The Bertz CT molecular complexity index is 2510. The molecule has 0 unspecified atom stereocenters. The summed E-state index contributed by atoms with van der Waals surface area (Å²) < 4.78 is 13.5. The second kappa shape index (κ2) is 11.2. The average molecular weight is 626 g/mol. The second-order valence-electron chi connectivity index (χ2n) is 11.3. The first-order valence-corrected chi connectivity index (χ1v) is 17.0. The van der Waals surface area contributed by atoms with Crippen LogP contribution in [0.1, 0.15) is 1.37 Å². The van der Waals surface area contributed by atoms with E-state index in [2.05, 4.69) is 155 Å². The predicted molar refractivity (Wildman–Crippen MR) is 202 cm³/mol. The molecule has 0 saturated carbocycles. The molecule has 0 atom stereocenters. The van der Waals surface area contributed by atoms with Crippen LogP contribution in [0.3, 0.4) is 0 Å². The van der Waals surface area contributed by atoms with Crippen molar-refractivity contribution in [3.05, 3.63) is 170 Å².